The molecule has 0 aromatic heterocycles. The van der Waals surface area contributed by atoms with Gasteiger partial charge in [-0.15, -0.1) is 0 Å². The van der Waals surface area contributed by atoms with Crippen LogP contribution in [0.1, 0.15) is 178 Å². The fourth-order valence-electron chi connectivity index (χ4n) is 16.7. The van der Waals surface area contributed by atoms with E-state index in [9.17, 15) is 34.8 Å². The number of carboxylic acids is 2. The highest BCUT2D eigenvalue weighted by molar-refractivity contribution is 5.72. The molecular formula is C65H100O19. The minimum absolute atomic E-state index is 0.0345. The molecule has 0 bridgehead atoms. The van der Waals surface area contributed by atoms with Crippen molar-refractivity contribution in [3.8, 4) is 0 Å². The Labute approximate surface area is 497 Å². The van der Waals surface area contributed by atoms with E-state index in [1.165, 1.54) is 0 Å². The number of carbonyl (C=O) groups excluding carboxylic acids is 1. The third-order valence-corrected chi connectivity index (χ3v) is 21.1. The number of hydrogen-bond acceptors (Lipinski definition) is 17. The summed E-state index contributed by atoms with van der Waals surface area (Å²) in [7, 11) is 0. The van der Waals surface area contributed by atoms with Crippen molar-refractivity contribution >= 4 is 17.9 Å². The lowest BCUT2D eigenvalue weighted by molar-refractivity contribution is -0.369. The summed E-state index contributed by atoms with van der Waals surface area (Å²) in [6.45, 7) is 24.8. The second-order valence-corrected chi connectivity index (χ2v) is 28.7. The molecule has 9 saturated heterocycles. The first kappa shape index (κ1) is 64.1. The molecule has 10 rings (SSSR count). The molecule has 10 heterocycles. The zero-order valence-electron chi connectivity index (χ0n) is 51.5. The quantitative estimate of drug-likeness (QED) is 0.0727. The van der Waals surface area contributed by atoms with E-state index in [0.717, 1.165) is 17.6 Å². The van der Waals surface area contributed by atoms with Gasteiger partial charge < -0.3 is 77.6 Å². The van der Waals surface area contributed by atoms with Crippen molar-refractivity contribution in [3.05, 3.63) is 36.0 Å². The Bertz CT molecular complexity index is 2420. The van der Waals surface area contributed by atoms with E-state index in [0.29, 0.717) is 77.0 Å². The minimum Gasteiger partial charge on any atom is -0.481 e. The first-order valence-electron chi connectivity index (χ1n) is 31.9. The van der Waals surface area contributed by atoms with Crippen molar-refractivity contribution in [1.29, 1.82) is 0 Å². The van der Waals surface area contributed by atoms with Crippen LogP contribution in [0.2, 0.25) is 0 Å². The van der Waals surface area contributed by atoms with E-state index in [2.05, 4.69) is 59.4 Å². The lowest BCUT2D eigenvalue weighted by Gasteiger charge is -2.61. The molecular weight excluding hydrogens is 1080 g/mol. The van der Waals surface area contributed by atoms with E-state index < -0.39 is 89.1 Å². The maximum atomic E-state index is 12.5. The zero-order valence-corrected chi connectivity index (χ0v) is 51.5. The van der Waals surface area contributed by atoms with Crippen LogP contribution >= 0.6 is 0 Å². The number of hydrogen-bond donors (Lipinski definition) is 5. The molecule has 0 aliphatic carbocycles. The number of esters is 1. The standard InChI is InChI=1S/C65H100O19/c1-33(19-35(3)31-74-57(72)22-34(2)21-55(68)69)20-46-37(5)24-52-62(8,83-46)30-50-60(80-52)61(73)65(11)54(78-50)29-49-59(84-65)36(4)13-12-14-44-43(76-49)17-18-51-63(9,81-44)32-64(10)53(79-51)28-48-45(82-64)16-15-42(67)47(77-48)27-40(66)26-41-23-38(6)58(75-41)39(7)25-56(70)71/h12-13,19,34-36,38-54,58-61,66-67,73H,5,14-18,20-32H2,1-4,6-11H3,(H,68,69)(H,70,71)/b13-12-,33-19+/t34?,35?,36-,38-,39?,40?,41+,42-,43-,44+,45-,46+,47-,48+,49+,50+,51+,52+,53-,54-,58+,59-,60+,61-,62-,63-,64+,65-/m0/s1. The molecule has 5 N–H and O–H groups in total. The summed E-state index contributed by atoms with van der Waals surface area (Å²) in [6, 6.07) is 0. The van der Waals surface area contributed by atoms with E-state index in [1.807, 2.05) is 27.7 Å². The number of aliphatic carboxylic acids is 2. The van der Waals surface area contributed by atoms with Gasteiger partial charge >= 0.3 is 17.9 Å². The fourth-order valence-corrected chi connectivity index (χ4v) is 16.7. The molecule has 0 spiro atoms. The van der Waals surface area contributed by atoms with Gasteiger partial charge in [0.1, 0.15) is 17.8 Å². The summed E-state index contributed by atoms with van der Waals surface area (Å²) in [5.74, 6) is -2.58. The van der Waals surface area contributed by atoms with Gasteiger partial charge in [-0.1, -0.05) is 65.0 Å². The summed E-state index contributed by atoms with van der Waals surface area (Å²) in [4.78, 5) is 34.9. The molecule has 28 atom stereocenters. The Morgan fingerprint density at radius 2 is 1.44 bits per heavy atom. The monoisotopic (exact) mass is 1180 g/mol. The van der Waals surface area contributed by atoms with Gasteiger partial charge in [0, 0.05) is 56.8 Å². The smallest absolute Gasteiger partial charge is 0.306 e. The average Bonchev–Trinajstić information content (AvgIpc) is 0.867. The molecule has 10 aliphatic rings. The van der Waals surface area contributed by atoms with Gasteiger partial charge in [-0.25, -0.2) is 0 Å². The molecule has 0 aromatic rings. The Morgan fingerprint density at radius 1 is 0.726 bits per heavy atom. The first-order chi connectivity index (χ1) is 39.6. The van der Waals surface area contributed by atoms with Crippen LogP contribution in [0.4, 0.5) is 0 Å². The molecule has 0 aromatic carbocycles. The maximum absolute atomic E-state index is 12.5. The van der Waals surface area contributed by atoms with Gasteiger partial charge in [0.05, 0.1) is 134 Å². The molecule has 19 nitrogen and oxygen atoms in total. The Balaban J connectivity index is 0.759. The molecule has 84 heavy (non-hydrogen) atoms. The van der Waals surface area contributed by atoms with E-state index in [4.69, 9.17) is 57.2 Å². The van der Waals surface area contributed by atoms with Crippen molar-refractivity contribution in [1.82, 2.24) is 0 Å². The topological polar surface area (TPSA) is 254 Å². The summed E-state index contributed by atoms with van der Waals surface area (Å²) in [5.41, 5.74) is -1.26. The fraction of sp³-hybridized carbons (Fsp3) is 0.862. The zero-order chi connectivity index (χ0) is 60.4. The normalized spacial score (nSPS) is 47.6. The van der Waals surface area contributed by atoms with Gasteiger partial charge in [0.2, 0.25) is 0 Å². The van der Waals surface area contributed by atoms with Gasteiger partial charge in [-0.2, -0.15) is 0 Å². The second kappa shape index (κ2) is 25.5. The van der Waals surface area contributed by atoms with E-state index >= 15 is 0 Å². The van der Waals surface area contributed by atoms with E-state index in [-0.39, 0.29) is 129 Å². The number of aliphatic hydroxyl groups is 3. The van der Waals surface area contributed by atoms with Gasteiger partial charge in [0.25, 0.3) is 0 Å². The second-order valence-electron chi connectivity index (χ2n) is 28.7. The summed E-state index contributed by atoms with van der Waals surface area (Å²) in [5, 5.41) is 53.8. The molecule has 9 fully saturated rings. The lowest BCUT2D eigenvalue weighted by Crippen LogP contribution is -2.74. The van der Waals surface area contributed by atoms with E-state index in [1.54, 1.807) is 6.92 Å². The molecule has 4 unspecified atom stereocenters. The van der Waals surface area contributed by atoms with Crippen LogP contribution in [-0.2, 0) is 66.5 Å². The largest absolute Gasteiger partial charge is 0.481 e. The summed E-state index contributed by atoms with van der Waals surface area (Å²) < 4.78 is 75.5. The van der Waals surface area contributed by atoms with Crippen LogP contribution in [0.3, 0.4) is 0 Å². The summed E-state index contributed by atoms with van der Waals surface area (Å²) >= 11 is 0. The maximum Gasteiger partial charge on any atom is 0.306 e. The predicted octanol–water partition coefficient (Wildman–Crippen LogP) is 7.89. The first-order valence-corrected chi connectivity index (χ1v) is 31.9. The van der Waals surface area contributed by atoms with Crippen molar-refractivity contribution in [2.45, 2.75) is 317 Å². The molecule has 0 amide bonds. The molecule has 10 aliphatic heterocycles. The number of carboxylic acid groups (broad SMARTS) is 2. The molecule has 0 saturated carbocycles. The predicted molar refractivity (Wildman–Crippen MR) is 306 cm³/mol. The number of ether oxygens (including phenoxy) is 11. The van der Waals surface area contributed by atoms with Crippen molar-refractivity contribution in [2.24, 2.45) is 29.6 Å². The van der Waals surface area contributed by atoms with Crippen LogP contribution in [0.25, 0.3) is 0 Å². The highest BCUT2D eigenvalue weighted by Gasteiger charge is 2.65. The number of fused-ring (bicyclic) bond motifs is 8. The van der Waals surface area contributed by atoms with Crippen LogP contribution < -0.4 is 0 Å². The third-order valence-electron chi connectivity index (χ3n) is 21.1. The van der Waals surface area contributed by atoms with Crippen molar-refractivity contribution < 1.29 is 92.0 Å². The minimum atomic E-state index is -1.09. The highest BCUT2D eigenvalue weighted by Crippen LogP contribution is 2.54. The molecule has 474 valence electrons. The number of rotatable bonds is 16. The van der Waals surface area contributed by atoms with Gasteiger partial charge in [-0.05, 0) is 116 Å². The van der Waals surface area contributed by atoms with Crippen molar-refractivity contribution in [3.63, 3.8) is 0 Å². The Hall–Kier alpha value is -2.89. The molecule has 0 radical (unpaired) electrons. The third kappa shape index (κ3) is 13.8. The molecule has 19 heteroatoms. The Kier molecular flexibility index (Phi) is 19.5. The van der Waals surface area contributed by atoms with Crippen molar-refractivity contribution in [2.75, 3.05) is 6.61 Å². The average molecular weight is 1190 g/mol. The van der Waals surface area contributed by atoms with Crippen LogP contribution in [-0.4, -0.2) is 188 Å². The number of aliphatic hydroxyl groups excluding tert-OH is 3. The SMILES string of the molecule is C=C1C[C@H]2O[C@@H]3[C@@H](C[C@]2(C)O[C@@H]1C/C(C)=C/C(C)COC(=O)CC(C)CC(=O)O)O[C@H]1C[C@H]2O[C@H]4CC[C@H]5O[C@H]6C[C@H]7O[C@@H](CC(O)C[C@H]8C[C@H](C)[C@H](C(C)CC(=O)O)O8)[C@@H](O)CC[C@@H]7O[C@]6(C)C[C@]5(C)O[C@@H]4C/C=C\[C@H](C)[C@@H]2O[C@]1(C)[C@H]3O. The van der Waals surface area contributed by atoms with Crippen LogP contribution in [0, 0.1) is 29.6 Å². The van der Waals surface area contributed by atoms with Gasteiger partial charge in [-0.3, -0.25) is 14.4 Å². The number of carbonyl (C=O) groups is 3. The summed E-state index contributed by atoms with van der Waals surface area (Å²) in [6.07, 6.45) is 5.79. The lowest BCUT2D eigenvalue weighted by atomic mass is 9.72. The highest BCUT2D eigenvalue weighted by atomic mass is 16.7. The van der Waals surface area contributed by atoms with Crippen LogP contribution in [0.5, 0.6) is 0 Å². The van der Waals surface area contributed by atoms with Gasteiger partial charge in [0.15, 0.2) is 0 Å². The Morgan fingerprint density at radius 3 is 2.19 bits per heavy atom. The van der Waals surface area contributed by atoms with Crippen LogP contribution in [0.15, 0.2) is 36.0 Å².